The molecule has 9 nitrogen and oxygen atoms in total. The molecule has 0 aromatic heterocycles. The van der Waals surface area contributed by atoms with E-state index >= 15 is 0 Å². The molecule has 3 aromatic rings. The summed E-state index contributed by atoms with van der Waals surface area (Å²) in [5.41, 5.74) is 12.1. The van der Waals surface area contributed by atoms with Gasteiger partial charge in [0.15, 0.2) is 0 Å². The molecule has 318 valence electrons. The molecule has 0 aliphatic carbocycles. The normalized spacial score (nSPS) is 16.1. The minimum absolute atomic E-state index is 0.0853. The van der Waals surface area contributed by atoms with Gasteiger partial charge in [0.05, 0.1) is 12.7 Å². The van der Waals surface area contributed by atoms with Crippen LogP contribution in [0.3, 0.4) is 0 Å². The fourth-order valence-corrected chi connectivity index (χ4v) is 6.62. The van der Waals surface area contributed by atoms with Crippen LogP contribution in [0.2, 0.25) is 0 Å². The Kier molecular flexibility index (Phi) is 27.6. The fourth-order valence-electron chi connectivity index (χ4n) is 6.62. The predicted octanol–water partition coefficient (Wildman–Crippen LogP) is 9.41. The summed E-state index contributed by atoms with van der Waals surface area (Å²) < 4.78 is 12.0. The summed E-state index contributed by atoms with van der Waals surface area (Å²) in [6, 6.07) is 24.4. The van der Waals surface area contributed by atoms with Gasteiger partial charge in [-0.05, 0) is 85.8 Å². The van der Waals surface area contributed by atoms with Gasteiger partial charge in [-0.3, -0.25) is 14.6 Å². The lowest BCUT2D eigenvalue weighted by Crippen LogP contribution is -2.46. The van der Waals surface area contributed by atoms with Crippen LogP contribution in [-0.4, -0.2) is 99.5 Å². The summed E-state index contributed by atoms with van der Waals surface area (Å²) in [5.74, 6) is 0.523. The van der Waals surface area contributed by atoms with Gasteiger partial charge in [0.1, 0.15) is 19.1 Å². The first-order valence-corrected chi connectivity index (χ1v) is 21.4. The van der Waals surface area contributed by atoms with E-state index in [0.29, 0.717) is 18.8 Å². The Bertz CT molecular complexity index is 1470. The zero-order valence-corrected chi connectivity index (χ0v) is 36.9. The van der Waals surface area contributed by atoms with E-state index in [4.69, 9.17) is 20.0 Å². The Labute approximate surface area is 347 Å². The zero-order chi connectivity index (χ0) is 42.4. The maximum Gasteiger partial charge on any atom is 0.248 e. The number of hydrogen-bond acceptors (Lipinski definition) is 8. The number of allylic oxidation sites excluding steroid dienone is 1. The molecular formula is C48H77N5O4. The van der Waals surface area contributed by atoms with E-state index in [0.717, 1.165) is 64.4 Å². The van der Waals surface area contributed by atoms with Crippen LogP contribution in [-0.2, 0) is 22.6 Å². The summed E-state index contributed by atoms with van der Waals surface area (Å²) in [4.78, 5) is 29.4. The second-order valence-corrected chi connectivity index (χ2v) is 14.3. The lowest BCUT2D eigenvalue weighted by molar-refractivity contribution is -0.0980. The van der Waals surface area contributed by atoms with E-state index < -0.39 is 0 Å². The second-order valence-electron chi connectivity index (χ2n) is 14.3. The lowest BCUT2D eigenvalue weighted by atomic mass is 9.93. The number of rotatable bonds is 11. The Balaban J connectivity index is 0.000000613. The number of nitrogens with zero attached hydrogens (tertiary/aromatic N) is 4. The van der Waals surface area contributed by atoms with Gasteiger partial charge in [-0.25, -0.2) is 0 Å². The van der Waals surface area contributed by atoms with Crippen molar-refractivity contribution in [3.63, 3.8) is 0 Å². The molecule has 9 heteroatoms. The number of carbonyl (C=O) groups excluding carboxylic acids is 2. The van der Waals surface area contributed by atoms with Gasteiger partial charge in [-0.2, -0.15) is 0 Å². The average Bonchev–Trinajstić information content (AvgIpc) is 3.25. The first-order valence-electron chi connectivity index (χ1n) is 21.4. The minimum atomic E-state index is -0.372. The van der Waals surface area contributed by atoms with E-state index in [1.807, 2.05) is 57.0 Å². The molecule has 2 saturated heterocycles. The Morgan fingerprint density at radius 2 is 1.35 bits per heavy atom. The molecule has 57 heavy (non-hydrogen) atoms. The molecule has 3 aliphatic rings. The summed E-state index contributed by atoms with van der Waals surface area (Å²) in [6.45, 7) is 35.2. The maximum atomic E-state index is 11.5. The first-order chi connectivity index (χ1) is 27.7. The van der Waals surface area contributed by atoms with Crippen molar-refractivity contribution in [3.8, 4) is 5.75 Å². The molecule has 1 unspecified atom stereocenters. The number of benzene rings is 3. The molecule has 1 amide bonds. The Morgan fingerprint density at radius 1 is 0.789 bits per heavy atom. The van der Waals surface area contributed by atoms with Crippen molar-refractivity contribution >= 4 is 18.4 Å². The van der Waals surface area contributed by atoms with E-state index in [1.165, 1.54) is 67.0 Å². The van der Waals surface area contributed by atoms with Crippen molar-refractivity contribution in [2.45, 2.75) is 100 Å². The smallest absolute Gasteiger partial charge is 0.248 e. The van der Waals surface area contributed by atoms with Crippen LogP contribution in [0.5, 0.6) is 5.75 Å². The summed E-state index contributed by atoms with van der Waals surface area (Å²) in [7, 11) is 0. The predicted molar refractivity (Wildman–Crippen MR) is 241 cm³/mol. The molecule has 0 spiro atoms. The number of fused-ring (bicyclic) bond motifs is 1. The van der Waals surface area contributed by atoms with Crippen LogP contribution in [0, 0.1) is 0 Å². The van der Waals surface area contributed by atoms with Crippen LogP contribution in [0.15, 0.2) is 85.1 Å². The largest absolute Gasteiger partial charge is 0.489 e. The summed E-state index contributed by atoms with van der Waals surface area (Å²) in [6.07, 6.45) is 5.65. The van der Waals surface area contributed by atoms with Crippen molar-refractivity contribution in [2.75, 3.05) is 77.0 Å². The highest BCUT2D eigenvalue weighted by Crippen LogP contribution is 2.31. The third kappa shape index (κ3) is 19.2. The van der Waals surface area contributed by atoms with Crippen LogP contribution in [0.4, 0.5) is 5.69 Å². The van der Waals surface area contributed by atoms with Gasteiger partial charge in [0.2, 0.25) is 5.91 Å². The molecule has 1 atom stereocenters. The van der Waals surface area contributed by atoms with Crippen molar-refractivity contribution < 1.29 is 19.1 Å². The van der Waals surface area contributed by atoms with E-state index in [9.17, 15) is 4.79 Å². The zero-order valence-electron chi connectivity index (χ0n) is 36.9. The van der Waals surface area contributed by atoms with Gasteiger partial charge in [0.25, 0.3) is 0 Å². The number of piperazine rings is 2. The van der Waals surface area contributed by atoms with E-state index in [2.05, 4.69) is 104 Å². The molecule has 0 radical (unpaired) electrons. The topological polar surface area (TPSA) is 91.6 Å². The summed E-state index contributed by atoms with van der Waals surface area (Å²) in [5, 5.41) is 0. The third-order valence-corrected chi connectivity index (χ3v) is 9.45. The maximum absolute atomic E-state index is 11.5. The molecule has 0 bridgehead atoms. The van der Waals surface area contributed by atoms with Crippen LogP contribution >= 0.6 is 0 Å². The Morgan fingerprint density at radius 3 is 1.89 bits per heavy atom. The van der Waals surface area contributed by atoms with Crippen LogP contribution in [0.1, 0.15) is 114 Å². The average molecular weight is 788 g/mol. The number of nitrogens with two attached hydrogens (primary N) is 1. The highest BCUT2D eigenvalue weighted by molar-refractivity contribution is 5.93. The van der Waals surface area contributed by atoms with E-state index in [-0.39, 0.29) is 12.0 Å². The standard InChI is InChI=1S/C29H33N3O3.C10H20N2.2C3H8.C2H6.CH2O/c30-29(33)24-6-11-27-23(20-24)13-19-34-28(27)12-14-31-15-17-32(18-16-31)25-7-9-26(10-8-25)35-21-22-4-2-1-3-5-22;1-4-5-11-6-8-12(9-7-11)10(2)3;2*1-3-2;2*1-2/h1-11,20,28H,12-19,21H2,(H2,30,33);2,4-9H2,1,3H3;2*3H2,1-2H3;1-2H3;1H2. The molecule has 6 rings (SSSR count). The molecule has 3 heterocycles. The number of anilines is 1. The van der Waals surface area contributed by atoms with Crippen molar-refractivity contribution in [2.24, 2.45) is 5.73 Å². The highest BCUT2D eigenvalue weighted by atomic mass is 16.5. The number of ether oxygens (including phenoxy) is 2. The monoisotopic (exact) mass is 788 g/mol. The molecule has 2 N–H and O–H groups in total. The highest BCUT2D eigenvalue weighted by Gasteiger charge is 2.24. The lowest BCUT2D eigenvalue weighted by Gasteiger charge is -2.37. The third-order valence-electron chi connectivity index (χ3n) is 9.45. The number of carbonyl (C=O) groups is 2. The first kappa shape index (κ1) is 50.8. The van der Waals surface area contributed by atoms with Crippen molar-refractivity contribution in [3.05, 3.63) is 107 Å². The van der Waals surface area contributed by atoms with Crippen LogP contribution in [0.25, 0.3) is 0 Å². The van der Waals surface area contributed by atoms with Gasteiger partial charge < -0.3 is 29.8 Å². The second kappa shape index (κ2) is 30.9. The molecule has 2 fully saturated rings. The van der Waals surface area contributed by atoms with Crippen LogP contribution < -0.4 is 15.4 Å². The quantitative estimate of drug-likeness (QED) is 0.206. The minimum Gasteiger partial charge on any atom is -0.489 e. The SMILES string of the molecule is C=C(C)N1CCN(CCC)CC1.C=O.CC.CCC.CCC.NC(=O)c1ccc2c(c1)CCOC2CCN1CCN(c2ccc(OCc3ccccc3)cc2)CC1. The van der Waals surface area contributed by atoms with E-state index in [1.54, 1.807) is 0 Å². The summed E-state index contributed by atoms with van der Waals surface area (Å²) >= 11 is 0. The molecular weight excluding hydrogens is 711 g/mol. The molecule has 0 saturated carbocycles. The van der Waals surface area contributed by atoms with Gasteiger partial charge >= 0.3 is 0 Å². The van der Waals surface area contributed by atoms with Gasteiger partial charge in [-0.1, -0.05) is 104 Å². The number of primary amides is 1. The fraction of sp³-hybridized carbons (Fsp3) is 0.542. The Hall–Kier alpha value is -4.18. The van der Waals surface area contributed by atoms with Gasteiger partial charge in [0, 0.05) is 75.9 Å². The van der Waals surface area contributed by atoms with Crippen molar-refractivity contribution in [1.29, 1.82) is 0 Å². The number of hydrogen-bond donors (Lipinski definition) is 1. The molecule has 3 aromatic carbocycles. The van der Waals surface area contributed by atoms with Gasteiger partial charge in [-0.15, -0.1) is 0 Å². The van der Waals surface area contributed by atoms with Crippen molar-refractivity contribution in [1.82, 2.24) is 14.7 Å². The molecule has 3 aliphatic heterocycles. The number of amides is 1.